The summed E-state index contributed by atoms with van der Waals surface area (Å²) in [6.45, 7) is 0.293. The second-order valence-corrected chi connectivity index (χ2v) is 31.1. The van der Waals surface area contributed by atoms with E-state index in [1.54, 1.807) is 43.0 Å². The van der Waals surface area contributed by atoms with Crippen molar-refractivity contribution in [2.75, 3.05) is 21.3 Å². The van der Waals surface area contributed by atoms with Gasteiger partial charge >= 0.3 is 0 Å². The largest absolute Gasteiger partial charge is 0.489 e. The Hall–Kier alpha value is -11.2. The van der Waals surface area contributed by atoms with E-state index in [9.17, 15) is 19.2 Å². The molecule has 526 valence electrons. The maximum atomic E-state index is 13.1. The Balaban J connectivity index is 0.677. The topological polar surface area (TPSA) is 258 Å². The van der Waals surface area contributed by atoms with Crippen molar-refractivity contribution in [2.45, 2.75) is 55.8 Å². The number of para-hydroxylation sites is 4. The average Bonchev–Trinajstić information content (AvgIpc) is 1.67. The molecule has 8 aromatic heterocycles. The SMILES string of the molecule is O=C(Nc1ccccc1SCc1cn(-c2cc(OCc3ccccc3COc3cc(-n4cc(CSc5ccccc5NC(=O)c5cccs5)nn4)cc(-n4cc(CSc5ccccc5NC(=O)c5cccs5)nn4)c3)cc(-n3cc(CSc4ccccc4NC(=O)c4cccs4)nn3)c2)nn1)c1cccs1. The summed E-state index contributed by atoms with van der Waals surface area (Å²) in [7, 11) is 0. The molecule has 0 spiro atoms. The van der Waals surface area contributed by atoms with Crippen LogP contribution in [-0.2, 0) is 36.2 Å². The van der Waals surface area contributed by atoms with Crippen molar-refractivity contribution < 1.29 is 28.7 Å². The summed E-state index contributed by atoms with van der Waals surface area (Å²) >= 11 is 11.7. The molecule has 4 N–H and O–H groups in total. The van der Waals surface area contributed by atoms with Crippen molar-refractivity contribution in [3.8, 4) is 34.2 Å². The molecule has 22 nitrogen and oxygen atoms in total. The molecule has 4 amide bonds. The van der Waals surface area contributed by atoms with Gasteiger partial charge in [0.05, 0.1) is 113 Å². The lowest BCUT2D eigenvalue weighted by Crippen LogP contribution is -2.10. The lowest BCUT2D eigenvalue weighted by atomic mass is 10.1. The lowest BCUT2D eigenvalue weighted by molar-refractivity contribution is 0.102. The number of nitrogens with one attached hydrogen (secondary N) is 4. The Morgan fingerprint density at radius 2 is 0.575 bits per heavy atom. The average molecular weight is 1550 g/mol. The molecule has 0 aliphatic heterocycles. The van der Waals surface area contributed by atoms with Gasteiger partial charge in [0.15, 0.2) is 0 Å². The maximum absolute atomic E-state index is 13.1. The van der Waals surface area contributed by atoms with E-state index in [0.717, 1.165) is 30.7 Å². The number of nitrogens with zero attached hydrogens (tertiary/aromatic N) is 12. The molecule has 0 bridgehead atoms. The van der Waals surface area contributed by atoms with Crippen LogP contribution in [0.5, 0.6) is 11.5 Å². The second kappa shape index (κ2) is 33.7. The number of ether oxygens (including phenoxy) is 2. The number of hydrogen-bond donors (Lipinski definition) is 4. The van der Waals surface area contributed by atoms with Gasteiger partial charge in [0.1, 0.15) is 24.7 Å². The fraction of sp³-hybridized carbons (Fsp3) is 0.0789. The monoisotopic (exact) mass is 1550 g/mol. The normalized spacial score (nSPS) is 11.2. The number of rotatable bonds is 30. The second-order valence-electron chi connectivity index (χ2n) is 23.2. The fourth-order valence-corrected chi connectivity index (χ4v) is 16.7. The molecule has 0 aliphatic rings. The molecule has 15 aromatic rings. The first-order valence-electron chi connectivity index (χ1n) is 32.7. The molecule has 0 aliphatic carbocycles. The molecule has 30 heteroatoms. The number of amides is 4. The van der Waals surface area contributed by atoms with Crippen LogP contribution >= 0.6 is 92.4 Å². The number of thiophene rings is 4. The van der Waals surface area contributed by atoms with Crippen LogP contribution in [0.15, 0.2) is 272 Å². The molecule has 0 saturated carbocycles. The van der Waals surface area contributed by atoms with Crippen LogP contribution in [0.4, 0.5) is 22.7 Å². The van der Waals surface area contributed by atoms with E-state index in [0.29, 0.717) is 122 Å². The number of carbonyl (C=O) groups is 4. The number of aromatic nitrogens is 12. The zero-order chi connectivity index (χ0) is 72.0. The molecular weight excluding hydrogens is 1490 g/mol. The highest BCUT2D eigenvalue weighted by molar-refractivity contribution is 7.99. The molecule has 0 unspecified atom stereocenters. The van der Waals surface area contributed by atoms with Gasteiger partial charge in [-0.3, -0.25) is 19.2 Å². The first-order chi connectivity index (χ1) is 52.1. The first kappa shape index (κ1) is 70.4. The third-order valence-corrected chi connectivity index (χ3v) is 23.8. The number of anilines is 4. The first-order valence-corrected chi connectivity index (χ1v) is 40.1. The molecule has 8 heterocycles. The zero-order valence-electron chi connectivity index (χ0n) is 55.6. The molecule has 0 atom stereocenters. The highest BCUT2D eigenvalue weighted by atomic mass is 32.2. The Kier molecular flexibility index (Phi) is 22.4. The molecule has 7 aromatic carbocycles. The Labute approximate surface area is 639 Å². The predicted molar refractivity (Wildman–Crippen MR) is 421 cm³/mol. The van der Waals surface area contributed by atoms with Crippen LogP contribution in [-0.4, -0.2) is 83.6 Å². The van der Waals surface area contributed by atoms with Crippen molar-refractivity contribution in [3.05, 3.63) is 306 Å². The Morgan fingerprint density at radius 3 is 0.830 bits per heavy atom. The standard InChI is InChI=1S/C76H58N16O6S8/c93-73(69-25-11-29-99-69)77-61-17-3-7-21-65(61)103-45-51-39-89(85-81-51)55-33-56(90-40-52(82-86-90)46-104-66-22-8-4-18-62(66)78-74(94)70-26-12-30-100-70)36-59(35-55)97-43-49-15-1-2-16-50(49)44-98-60-37-57(91-41-53(83-87-91)47-105-67-23-9-5-19-63(67)79-75(95)71-27-13-31-101-71)34-58(38-60)92-42-54(84-88-92)48-106-68-24-10-6-20-64(68)80-76(96)72-28-14-32-102-72/h1-42H,43-48H2,(H,77,93)(H,78,94)(H,79,95)(H,80,96). The molecular formula is C76H58N16O6S8. The summed E-state index contributed by atoms with van der Waals surface area (Å²) < 4.78 is 20.3. The maximum Gasteiger partial charge on any atom is 0.265 e. The van der Waals surface area contributed by atoms with Gasteiger partial charge in [-0.2, -0.15) is 0 Å². The number of benzene rings is 7. The third kappa shape index (κ3) is 17.8. The van der Waals surface area contributed by atoms with Crippen LogP contribution in [0.2, 0.25) is 0 Å². The molecule has 0 radical (unpaired) electrons. The highest BCUT2D eigenvalue weighted by Crippen LogP contribution is 2.36. The van der Waals surface area contributed by atoms with Crippen LogP contribution < -0.4 is 30.7 Å². The fourth-order valence-electron chi connectivity index (χ4n) is 10.7. The summed E-state index contributed by atoms with van der Waals surface area (Å²) in [6.07, 6.45) is 7.47. The van der Waals surface area contributed by atoms with Gasteiger partial charge in [0, 0.05) is 66.9 Å². The van der Waals surface area contributed by atoms with Gasteiger partial charge in [-0.25, -0.2) is 18.7 Å². The minimum absolute atomic E-state index is 0.146. The number of thioether (sulfide) groups is 4. The van der Waals surface area contributed by atoms with E-state index in [2.05, 4.69) is 62.5 Å². The van der Waals surface area contributed by atoms with Crippen molar-refractivity contribution in [1.29, 1.82) is 0 Å². The highest BCUT2D eigenvalue weighted by Gasteiger charge is 2.20. The minimum atomic E-state index is -0.173. The summed E-state index contributed by atoms with van der Waals surface area (Å²) in [6, 6.07) is 64.7. The van der Waals surface area contributed by atoms with Crippen molar-refractivity contribution >= 4 is 139 Å². The predicted octanol–water partition coefficient (Wildman–Crippen LogP) is 17.6. The lowest BCUT2D eigenvalue weighted by Gasteiger charge is -2.15. The minimum Gasteiger partial charge on any atom is -0.489 e. The van der Waals surface area contributed by atoms with Crippen LogP contribution in [0, 0.1) is 0 Å². The van der Waals surface area contributed by atoms with E-state index >= 15 is 0 Å². The number of carbonyl (C=O) groups excluding carboxylic acids is 4. The molecule has 15 rings (SSSR count). The zero-order valence-corrected chi connectivity index (χ0v) is 62.1. The molecule has 0 fully saturated rings. The van der Waals surface area contributed by atoms with Gasteiger partial charge in [-0.05, 0) is 118 Å². The Bertz CT molecular complexity index is 4900. The van der Waals surface area contributed by atoms with Gasteiger partial charge < -0.3 is 30.7 Å². The Morgan fingerprint density at radius 1 is 0.321 bits per heavy atom. The van der Waals surface area contributed by atoms with E-state index in [-0.39, 0.29) is 36.8 Å². The third-order valence-electron chi connectivity index (χ3n) is 15.9. The van der Waals surface area contributed by atoms with Gasteiger partial charge in [-0.1, -0.05) is 118 Å². The summed E-state index contributed by atoms with van der Waals surface area (Å²) in [5.41, 5.74) is 9.90. The van der Waals surface area contributed by atoms with Gasteiger partial charge in [0.2, 0.25) is 0 Å². The van der Waals surface area contributed by atoms with Crippen molar-refractivity contribution in [1.82, 2.24) is 60.0 Å². The quantitative estimate of drug-likeness (QED) is 0.0305. The van der Waals surface area contributed by atoms with E-state index in [1.807, 2.05) is 228 Å². The van der Waals surface area contributed by atoms with E-state index < -0.39 is 0 Å². The van der Waals surface area contributed by atoms with Gasteiger partial charge in [0.25, 0.3) is 23.6 Å². The van der Waals surface area contributed by atoms with Crippen LogP contribution in [0.25, 0.3) is 22.7 Å². The van der Waals surface area contributed by atoms with Crippen molar-refractivity contribution in [3.63, 3.8) is 0 Å². The van der Waals surface area contributed by atoms with Gasteiger partial charge in [-0.15, -0.1) is 113 Å². The summed E-state index contributed by atoms with van der Waals surface area (Å²) in [4.78, 5) is 58.4. The van der Waals surface area contributed by atoms with E-state index in [1.165, 1.54) is 92.4 Å². The number of hydrogen-bond acceptors (Lipinski definition) is 22. The van der Waals surface area contributed by atoms with Crippen LogP contribution in [0.1, 0.15) is 72.6 Å². The van der Waals surface area contributed by atoms with Crippen molar-refractivity contribution in [2.24, 2.45) is 0 Å². The van der Waals surface area contributed by atoms with Crippen LogP contribution in [0.3, 0.4) is 0 Å². The summed E-state index contributed by atoms with van der Waals surface area (Å²) in [5, 5.41) is 56.5. The molecule has 106 heavy (non-hydrogen) atoms. The summed E-state index contributed by atoms with van der Waals surface area (Å²) in [5.74, 6) is 2.16. The molecule has 0 saturated heterocycles. The smallest absolute Gasteiger partial charge is 0.265 e. The van der Waals surface area contributed by atoms with E-state index in [4.69, 9.17) is 9.47 Å².